The molecule has 1 fully saturated rings. The van der Waals surface area contributed by atoms with Crippen LogP contribution in [0, 0.1) is 13.8 Å². The smallest absolute Gasteiger partial charge is 0.294 e. The Kier molecular flexibility index (Phi) is 6.88. The van der Waals surface area contributed by atoms with E-state index in [9.17, 15) is 14.4 Å². The van der Waals surface area contributed by atoms with Crippen LogP contribution < -0.4 is 10.1 Å². The Hall–Kier alpha value is -3.78. The van der Waals surface area contributed by atoms with E-state index in [1.165, 1.54) is 5.56 Å². The molecule has 0 spiro atoms. The molecule has 3 amide bonds. The summed E-state index contributed by atoms with van der Waals surface area (Å²) in [5.41, 5.74) is 4.60. The molecule has 2 heterocycles. The zero-order valence-corrected chi connectivity index (χ0v) is 20.0. The number of hydrogen-bond donors (Lipinski definition) is 1. The summed E-state index contributed by atoms with van der Waals surface area (Å²) in [4.78, 5) is 39.1. The SMILES string of the molecule is CCOc1ccc(NC(=O)CN2C(=O)S/C(=C\c3cccn3-c3ccc(C)cc3C)C2=O)cc1. The number of imide groups is 1. The van der Waals surface area contributed by atoms with Gasteiger partial charge in [0, 0.05) is 23.3 Å². The number of rotatable bonds is 7. The van der Waals surface area contributed by atoms with Crippen LogP contribution in [0.4, 0.5) is 10.5 Å². The van der Waals surface area contributed by atoms with Gasteiger partial charge in [-0.25, -0.2) is 0 Å². The van der Waals surface area contributed by atoms with Crippen LogP contribution in [-0.4, -0.2) is 39.7 Å². The van der Waals surface area contributed by atoms with Gasteiger partial charge >= 0.3 is 0 Å². The van der Waals surface area contributed by atoms with Gasteiger partial charge in [0.15, 0.2) is 0 Å². The van der Waals surface area contributed by atoms with Gasteiger partial charge in [-0.3, -0.25) is 19.3 Å². The normalized spacial score (nSPS) is 14.7. The fraction of sp³-hybridized carbons (Fsp3) is 0.192. The summed E-state index contributed by atoms with van der Waals surface area (Å²) in [5, 5.41) is 2.24. The second-order valence-electron chi connectivity index (χ2n) is 7.87. The second-order valence-corrected chi connectivity index (χ2v) is 8.86. The van der Waals surface area contributed by atoms with Gasteiger partial charge in [-0.05, 0) is 86.6 Å². The van der Waals surface area contributed by atoms with Gasteiger partial charge in [-0.2, -0.15) is 0 Å². The summed E-state index contributed by atoms with van der Waals surface area (Å²) in [5.74, 6) is -0.237. The molecule has 1 aromatic heterocycles. The molecule has 7 nitrogen and oxygen atoms in total. The molecule has 4 rings (SSSR count). The van der Waals surface area contributed by atoms with E-state index in [4.69, 9.17) is 4.74 Å². The third kappa shape index (κ3) is 5.07. The van der Waals surface area contributed by atoms with E-state index in [-0.39, 0.29) is 11.4 Å². The number of aromatic nitrogens is 1. The standard InChI is InChI=1S/C26H25N3O4S/c1-4-33-21-10-8-19(9-11-21)27-24(30)16-29-25(31)23(34-26(29)32)15-20-6-5-13-28(20)22-12-7-17(2)14-18(22)3/h5-15H,4,16H2,1-3H3,(H,27,30)/b23-15-. The quantitative estimate of drug-likeness (QED) is 0.477. The number of anilines is 1. The number of carbonyl (C=O) groups is 3. The maximum Gasteiger partial charge on any atom is 0.294 e. The van der Waals surface area contributed by atoms with Crippen molar-refractivity contribution in [2.45, 2.75) is 20.8 Å². The van der Waals surface area contributed by atoms with Crippen molar-refractivity contribution in [3.8, 4) is 11.4 Å². The van der Waals surface area contributed by atoms with Gasteiger partial charge in [-0.15, -0.1) is 0 Å². The molecule has 0 bridgehead atoms. The molecule has 1 aliphatic heterocycles. The highest BCUT2D eigenvalue weighted by Gasteiger charge is 2.36. The highest BCUT2D eigenvalue weighted by atomic mass is 32.2. The number of nitrogens with one attached hydrogen (secondary N) is 1. The third-order valence-corrected chi connectivity index (χ3v) is 6.20. The zero-order chi connectivity index (χ0) is 24.2. The Balaban J connectivity index is 1.47. The van der Waals surface area contributed by atoms with Crippen LogP contribution in [0.25, 0.3) is 11.8 Å². The lowest BCUT2D eigenvalue weighted by Crippen LogP contribution is -2.36. The fourth-order valence-electron chi connectivity index (χ4n) is 3.72. The van der Waals surface area contributed by atoms with Gasteiger partial charge in [0.25, 0.3) is 11.1 Å². The minimum absolute atomic E-state index is 0.281. The summed E-state index contributed by atoms with van der Waals surface area (Å²) >= 11 is 0.835. The number of hydrogen-bond acceptors (Lipinski definition) is 5. The first-order valence-corrected chi connectivity index (χ1v) is 11.7. The largest absolute Gasteiger partial charge is 0.494 e. The minimum atomic E-state index is -0.481. The zero-order valence-electron chi connectivity index (χ0n) is 19.2. The third-order valence-electron chi connectivity index (χ3n) is 5.30. The average molecular weight is 476 g/mol. The molecule has 1 saturated heterocycles. The van der Waals surface area contributed by atoms with Crippen molar-refractivity contribution in [3.63, 3.8) is 0 Å². The van der Waals surface area contributed by atoms with Crippen molar-refractivity contribution < 1.29 is 19.1 Å². The van der Waals surface area contributed by atoms with E-state index in [1.807, 2.05) is 55.8 Å². The van der Waals surface area contributed by atoms with E-state index < -0.39 is 17.1 Å². The molecule has 0 radical (unpaired) electrons. The van der Waals surface area contributed by atoms with E-state index in [2.05, 4.69) is 11.4 Å². The first-order chi connectivity index (χ1) is 16.4. The molecular formula is C26H25N3O4S. The van der Waals surface area contributed by atoms with Crippen LogP contribution in [0.5, 0.6) is 5.75 Å². The van der Waals surface area contributed by atoms with Gasteiger partial charge in [0.05, 0.1) is 11.5 Å². The summed E-state index contributed by atoms with van der Waals surface area (Å²) in [6, 6.07) is 16.8. The van der Waals surface area contributed by atoms with Crippen molar-refractivity contribution in [2.24, 2.45) is 0 Å². The number of aryl methyl sites for hydroxylation is 2. The van der Waals surface area contributed by atoms with Crippen LogP contribution in [0.3, 0.4) is 0 Å². The maximum absolute atomic E-state index is 12.9. The van der Waals surface area contributed by atoms with Crippen molar-refractivity contribution in [3.05, 3.63) is 82.5 Å². The lowest BCUT2D eigenvalue weighted by molar-refractivity contribution is -0.127. The molecule has 174 valence electrons. The van der Waals surface area contributed by atoms with Crippen molar-refractivity contribution in [2.75, 3.05) is 18.5 Å². The Morgan fingerprint density at radius 1 is 1.09 bits per heavy atom. The van der Waals surface area contributed by atoms with Crippen LogP contribution in [0.2, 0.25) is 0 Å². The summed E-state index contributed by atoms with van der Waals surface area (Å²) in [6.45, 7) is 6.15. The van der Waals surface area contributed by atoms with Gasteiger partial charge in [0.1, 0.15) is 12.3 Å². The molecule has 0 saturated carbocycles. The Labute approximate surface area is 202 Å². The molecule has 3 aromatic rings. The van der Waals surface area contributed by atoms with Crippen molar-refractivity contribution in [1.82, 2.24) is 9.47 Å². The highest BCUT2D eigenvalue weighted by Crippen LogP contribution is 2.33. The topological polar surface area (TPSA) is 80.6 Å². The molecule has 1 N–H and O–H groups in total. The number of ether oxygens (including phenoxy) is 1. The second kappa shape index (κ2) is 10.0. The number of benzene rings is 2. The number of nitrogens with zero attached hydrogens (tertiary/aromatic N) is 2. The first-order valence-electron chi connectivity index (χ1n) is 10.9. The van der Waals surface area contributed by atoms with E-state index in [0.29, 0.717) is 18.0 Å². The van der Waals surface area contributed by atoms with E-state index >= 15 is 0 Å². The summed E-state index contributed by atoms with van der Waals surface area (Å²) < 4.78 is 7.36. The predicted molar refractivity (Wildman–Crippen MR) is 134 cm³/mol. The van der Waals surface area contributed by atoms with Gasteiger partial charge < -0.3 is 14.6 Å². The highest BCUT2D eigenvalue weighted by molar-refractivity contribution is 8.18. The minimum Gasteiger partial charge on any atom is -0.494 e. The average Bonchev–Trinajstić information content (AvgIpc) is 3.35. The first kappa shape index (κ1) is 23.4. The Morgan fingerprint density at radius 2 is 1.85 bits per heavy atom. The van der Waals surface area contributed by atoms with Gasteiger partial charge in [-0.1, -0.05) is 17.7 Å². The maximum atomic E-state index is 12.9. The van der Waals surface area contributed by atoms with E-state index in [1.54, 1.807) is 30.3 Å². The molecule has 0 unspecified atom stereocenters. The molecule has 0 atom stereocenters. The van der Waals surface area contributed by atoms with Crippen LogP contribution in [0.15, 0.2) is 65.7 Å². The van der Waals surface area contributed by atoms with Crippen LogP contribution >= 0.6 is 11.8 Å². The number of amides is 3. The fourth-order valence-corrected chi connectivity index (χ4v) is 4.55. The van der Waals surface area contributed by atoms with E-state index in [0.717, 1.165) is 33.6 Å². The molecule has 0 aliphatic carbocycles. The lowest BCUT2D eigenvalue weighted by Gasteiger charge is -2.13. The molecule has 1 aliphatic rings. The van der Waals surface area contributed by atoms with Crippen molar-refractivity contribution >= 4 is 40.6 Å². The van der Waals surface area contributed by atoms with Crippen LogP contribution in [0.1, 0.15) is 23.7 Å². The predicted octanol–water partition coefficient (Wildman–Crippen LogP) is 5.17. The molecule has 34 heavy (non-hydrogen) atoms. The molecular weight excluding hydrogens is 450 g/mol. The summed E-state index contributed by atoms with van der Waals surface area (Å²) in [6.07, 6.45) is 3.60. The Bertz CT molecular complexity index is 1280. The number of carbonyl (C=O) groups excluding carboxylic acids is 3. The summed E-state index contributed by atoms with van der Waals surface area (Å²) in [7, 11) is 0. The van der Waals surface area contributed by atoms with Gasteiger partial charge in [0.2, 0.25) is 5.91 Å². The Morgan fingerprint density at radius 3 is 2.56 bits per heavy atom. The number of thioether (sulfide) groups is 1. The molecule has 8 heteroatoms. The van der Waals surface area contributed by atoms with Crippen molar-refractivity contribution in [1.29, 1.82) is 0 Å². The van der Waals surface area contributed by atoms with Crippen LogP contribution in [-0.2, 0) is 9.59 Å². The molecule has 2 aromatic carbocycles. The lowest BCUT2D eigenvalue weighted by atomic mass is 10.1. The monoisotopic (exact) mass is 475 g/mol.